The van der Waals surface area contributed by atoms with Gasteiger partial charge in [0, 0.05) is 12.1 Å². The minimum absolute atomic E-state index is 0.158. The Morgan fingerprint density at radius 2 is 1.54 bits per heavy atom. The molecule has 0 aliphatic heterocycles. The van der Waals surface area contributed by atoms with Crippen LogP contribution in [-0.2, 0) is 13.0 Å². The zero-order valence-electron chi connectivity index (χ0n) is 23.5. The van der Waals surface area contributed by atoms with Crippen molar-refractivity contribution < 1.29 is 9.18 Å². The van der Waals surface area contributed by atoms with E-state index in [1.54, 1.807) is 35.2 Å². The minimum atomic E-state index is -0.589. The Labute approximate surface area is 239 Å². The maximum atomic E-state index is 14.1. The number of fused-ring (bicyclic) bond motifs is 1. The molecule has 0 bridgehead atoms. The van der Waals surface area contributed by atoms with Crippen LogP contribution in [0.3, 0.4) is 0 Å². The number of carbonyl (C=O) groups excluding carboxylic acids is 1. The molecule has 1 unspecified atom stereocenters. The molecule has 4 aromatic carbocycles. The number of nitrogens with zero attached hydrogens (tertiary/aromatic N) is 3. The van der Waals surface area contributed by atoms with Gasteiger partial charge in [-0.2, -0.15) is 0 Å². The van der Waals surface area contributed by atoms with E-state index in [0.29, 0.717) is 34.5 Å². The maximum Gasteiger partial charge on any atom is 0.266 e. The van der Waals surface area contributed by atoms with Gasteiger partial charge in [0.1, 0.15) is 11.6 Å². The number of halogens is 1. The van der Waals surface area contributed by atoms with E-state index in [1.807, 2.05) is 67.6 Å². The average Bonchev–Trinajstić information content (AvgIpc) is 3.01. The smallest absolute Gasteiger partial charge is 0.266 e. The summed E-state index contributed by atoms with van der Waals surface area (Å²) < 4.78 is 15.3. The van der Waals surface area contributed by atoms with Gasteiger partial charge in [-0.05, 0) is 79.4 Å². The van der Waals surface area contributed by atoms with Crippen LogP contribution in [0.2, 0.25) is 0 Å². The van der Waals surface area contributed by atoms with Crippen molar-refractivity contribution in [3.05, 3.63) is 142 Å². The van der Waals surface area contributed by atoms with Crippen LogP contribution in [-0.4, -0.2) is 20.4 Å². The third kappa shape index (κ3) is 6.27. The lowest BCUT2D eigenvalue weighted by Gasteiger charge is -2.31. The molecule has 1 aromatic heterocycles. The second kappa shape index (κ2) is 12.7. The molecule has 41 heavy (non-hydrogen) atoms. The highest BCUT2D eigenvalue weighted by atomic mass is 19.1. The summed E-state index contributed by atoms with van der Waals surface area (Å²) in [6, 6.07) is 29.9. The molecule has 0 spiro atoms. The number of para-hydroxylation sites is 1. The number of unbranched alkanes of at least 4 members (excludes halogenated alkanes) is 2. The van der Waals surface area contributed by atoms with Crippen LogP contribution < -0.4 is 5.56 Å². The van der Waals surface area contributed by atoms with Gasteiger partial charge in [0.25, 0.3) is 11.5 Å². The van der Waals surface area contributed by atoms with E-state index in [1.165, 1.54) is 28.7 Å². The quantitative estimate of drug-likeness (QED) is 0.169. The number of aromatic nitrogens is 2. The molecule has 5 rings (SSSR count). The fourth-order valence-electron chi connectivity index (χ4n) is 5.13. The molecule has 5 aromatic rings. The van der Waals surface area contributed by atoms with Crippen LogP contribution in [0, 0.1) is 5.82 Å². The molecular formula is C35H34FN3O2. The van der Waals surface area contributed by atoms with Crippen LogP contribution in [0.15, 0.2) is 108 Å². The number of benzene rings is 4. The molecule has 208 valence electrons. The molecule has 0 saturated heterocycles. The molecule has 6 heteroatoms. The summed E-state index contributed by atoms with van der Waals surface area (Å²) in [4.78, 5) is 34.6. The monoisotopic (exact) mass is 547 g/mol. The molecule has 0 aliphatic rings. The van der Waals surface area contributed by atoms with E-state index >= 15 is 0 Å². The van der Waals surface area contributed by atoms with E-state index in [0.717, 1.165) is 24.8 Å². The average molecular weight is 548 g/mol. The van der Waals surface area contributed by atoms with Crippen LogP contribution in [0.1, 0.15) is 66.5 Å². The van der Waals surface area contributed by atoms with Crippen LogP contribution in [0.5, 0.6) is 0 Å². The first-order chi connectivity index (χ1) is 20.0. The summed E-state index contributed by atoms with van der Waals surface area (Å²) >= 11 is 0. The fraction of sp³-hybridized carbons (Fsp3) is 0.229. The predicted octanol–water partition coefficient (Wildman–Crippen LogP) is 7.66. The third-order valence-corrected chi connectivity index (χ3v) is 7.45. The molecular weight excluding hydrogens is 513 g/mol. The van der Waals surface area contributed by atoms with Crippen molar-refractivity contribution in [2.24, 2.45) is 0 Å². The summed E-state index contributed by atoms with van der Waals surface area (Å²) in [5.41, 5.74) is 3.50. The highest BCUT2D eigenvalue weighted by molar-refractivity contribution is 5.94. The second-order valence-electron chi connectivity index (χ2n) is 10.4. The Kier molecular flexibility index (Phi) is 8.68. The van der Waals surface area contributed by atoms with E-state index in [2.05, 4.69) is 6.92 Å². The zero-order chi connectivity index (χ0) is 28.8. The number of carbonyl (C=O) groups is 1. The third-order valence-electron chi connectivity index (χ3n) is 7.45. The molecule has 0 radical (unpaired) electrons. The van der Waals surface area contributed by atoms with Gasteiger partial charge in [0.15, 0.2) is 0 Å². The Bertz CT molecular complexity index is 1680. The van der Waals surface area contributed by atoms with Crippen molar-refractivity contribution in [1.82, 2.24) is 14.5 Å². The predicted molar refractivity (Wildman–Crippen MR) is 162 cm³/mol. The first kappa shape index (κ1) is 28.0. The highest BCUT2D eigenvalue weighted by Crippen LogP contribution is 2.27. The molecule has 0 saturated carbocycles. The van der Waals surface area contributed by atoms with Gasteiger partial charge in [0.2, 0.25) is 0 Å². The van der Waals surface area contributed by atoms with E-state index < -0.39 is 11.9 Å². The number of amides is 1. The summed E-state index contributed by atoms with van der Waals surface area (Å²) in [6.45, 7) is 4.39. The Morgan fingerprint density at radius 3 is 2.24 bits per heavy atom. The summed E-state index contributed by atoms with van der Waals surface area (Å²) in [7, 11) is 0. The topological polar surface area (TPSA) is 55.2 Å². The first-order valence-corrected chi connectivity index (χ1v) is 14.2. The zero-order valence-corrected chi connectivity index (χ0v) is 23.5. The van der Waals surface area contributed by atoms with Gasteiger partial charge >= 0.3 is 0 Å². The van der Waals surface area contributed by atoms with Crippen molar-refractivity contribution in [2.75, 3.05) is 0 Å². The SMILES string of the molecule is CCCCCc1ccc(C(=O)N(Cc2ccccc2)C(C)c2nc3ccccc3c(=O)n2-c2ccc(F)cc2)cc1. The minimum Gasteiger partial charge on any atom is -0.324 e. The summed E-state index contributed by atoms with van der Waals surface area (Å²) in [5, 5.41) is 0.451. The van der Waals surface area contributed by atoms with E-state index in [4.69, 9.17) is 4.98 Å². The summed E-state index contributed by atoms with van der Waals surface area (Å²) in [5.74, 6) is -0.153. The summed E-state index contributed by atoms with van der Waals surface area (Å²) in [6.07, 6.45) is 4.44. The van der Waals surface area contributed by atoms with E-state index in [-0.39, 0.29) is 11.5 Å². The van der Waals surface area contributed by atoms with Crippen LogP contribution in [0.25, 0.3) is 16.6 Å². The van der Waals surface area contributed by atoms with Crippen molar-refractivity contribution in [1.29, 1.82) is 0 Å². The molecule has 1 amide bonds. The molecule has 0 N–H and O–H groups in total. The first-order valence-electron chi connectivity index (χ1n) is 14.2. The van der Waals surface area contributed by atoms with Crippen molar-refractivity contribution in [3.8, 4) is 5.69 Å². The molecule has 1 atom stereocenters. The highest BCUT2D eigenvalue weighted by Gasteiger charge is 2.28. The fourth-order valence-corrected chi connectivity index (χ4v) is 5.13. The lowest BCUT2D eigenvalue weighted by molar-refractivity contribution is 0.0664. The second-order valence-corrected chi connectivity index (χ2v) is 10.4. The molecule has 5 nitrogen and oxygen atoms in total. The Morgan fingerprint density at radius 1 is 0.854 bits per heavy atom. The molecule has 0 fully saturated rings. The van der Waals surface area contributed by atoms with Gasteiger partial charge < -0.3 is 4.90 Å². The van der Waals surface area contributed by atoms with Gasteiger partial charge in [-0.15, -0.1) is 0 Å². The lowest BCUT2D eigenvalue weighted by atomic mass is 10.0. The van der Waals surface area contributed by atoms with Crippen LogP contribution >= 0.6 is 0 Å². The number of aryl methyl sites for hydroxylation is 1. The Balaban J connectivity index is 1.60. The number of hydrogen-bond acceptors (Lipinski definition) is 3. The molecule has 0 aliphatic carbocycles. The van der Waals surface area contributed by atoms with Crippen molar-refractivity contribution in [3.63, 3.8) is 0 Å². The van der Waals surface area contributed by atoms with Gasteiger partial charge in [-0.3, -0.25) is 14.2 Å². The Hall–Kier alpha value is -4.58. The number of rotatable bonds is 10. The number of hydrogen-bond donors (Lipinski definition) is 0. The maximum absolute atomic E-state index is 14.1. The van der Waals surface area contributed by atoms with Crippen LogP contribution in [0.4, 0.5) is 4.39 Å². The van der Waals surface area contributed by atoms with E-state index in [9.17, 15) is 14.0 Å². The van der Waals surface area contributed by atoms with Gasteiger partial charge in [-0.25, -0.2) is 9.37 Å². The molecule has 1 heterocycles. The lowest BCUT2D eigenvalue weighted by Crippen LogP contribution is -2.37. The standard InChI is InChI=1S/C35H34FN3O2/c1-3-4-6-11-26-16-18-28(19-17-26)34(40)38(24-27-12-7-5-8-13-27)25(2)33-37-32-15-10-9-14-31(32)35(41)39(33)30-22-20-29(36)21-23-30/h5,7-10,12-23,25H,3-4,6,11,24H2,1-2H3. The largest absolute Gasteiger partial charge is 0.324 e. The van der Waals surface area contributed by atoms with Crippen molar-refractivity contribution in [2.45, 2.75) is 52.1 Å². The van der Waals surface area contributed by atoms with Crippen molar-refractivity contribution >= 4 is 16.8 Å². The van der Waals surface area contributed by atoms with Gasteiger partial charge in [-0.1, -0.05) is 74.4 Å². The normalized spacial score (nSPS) is 11.9. The van der Waals surface area contributed by atoms with Gasteiger partial charge in [0.05, 0.1) is 22.6 Å².